The summed E-state index contributed by atoms with van der Waals surface area (Å²) in [5.74, 6) is -0.878. The van der Waals surface area contributed by atoms with Gasteiger partial charge in [-0.05, 0) is 18.1 Å². The van der Waals surface area contributed by atoms with Crippen LogP contribution in [0.4, 0.5) is 5.69 Å². The van der Waals surface area contributed by atoms with Gasteiger partial charge in [-0.2, -0.15) is 0 Å². The van der Waals surface area contributed by atoms with Crippen LogP contribution in [0.5, 0.6) is 0 Å². The molecule has 0 radical (unpaired) electrons. The molecule has 4 N–H and O–H groups in total. The number of carboxylic acid groups (broad SMARTS) is 1. The molecule has 1 atom stereocenters. The molecule has 2 rings (SSSR count). The topological polar surface area (TPSA) is 95.7 Å². The molecule has 1 aliphatic rings. The maximum atomic E-state index is 11.3. The van der Waals surface area contributed by atoms with Crippen LogP contribution in [0, 0.1) is 0 Å². The van der Waals surface area contributed by atoms with Crippen molar-refractivity contribution in [2.75, 3.05) is 11.6 Å². The second-order valence-corrected chi connectivity index (χ2v) is 4.53. The number of carbonyl (C=O) groups excluding carboxylic acids is 1. The van der Waals surface area contributed by atoms with Crippen LogP contribution < -0.4 is 16.2 Å². The highest BCUT2D eigenvalue weighted by molar-refractivity contribution is 5.82. The molecule has 1 unspecified atom stereocenters. The van der Waals surface area contributed by atoms with Crippen LogP contribution in [0.2, 0.25) is 0 Å². The third-order valence-electron chi connectivity index (χ3n) is 3.12. The summed E-state index contributed by atoms with van der Waals surface area (Å²) in [6, 6.07) is 7.11. The normalized spacial score (nSPS) is 16.3. The Kier molecular flexibility index (Phi) is 4.01. The molecule has 6 nitrogen and oxygen atoms in total. The standard InChI is InChI=1S/C13H17N3O3/c14-10(5-6-13(18)19)9-3-1-2-4-11(9)16-8-7-12(17)15-16/h1-4,10H,5-8,14H2,(H,15,17)(H,18,19). The number of anilines is 1. The predicted octanol–water partition coefficient (Wildman–Crippen LogP) is 0.792. The van der Waals surface area contributed by atoms with Crippen molar-refractivity contribution in [2.45, 2.75) is 25.3 Å². The Hall–Kier alpha value is -2.08. The second-order valence-electron chi connectivity index (χ2n) is 4.53. The average molecular weight is 263 g/mol. The number of nitrogens with two attached hydrogens (primary N) is 1. The van der Waals surface area contributed by atoms with E-state index in [9.17, 15) is 9.59 Å². The lowest BCUT2D eigenvalue weighted by atomic mass is 10.0. The summed E-state index contributed by atoms with van der Waals surface area (Å²) in [4.78, 5) is 21.9. The number of aliphatic carboxylic acids is 1. The smallest absolute Gasteiger partial charge is 0.303 e. The number of hydrazine groups is 1. The minimum Gasteiger partial charge on any atom is -0.481 e. The highest BCUT2D eigenvalue weighted by Crippen LogP contribution is 2.28. The van der Waals surface area contributed by atoms with E-state index in [2.05, 4.69) is 5.43 Å². The minimum atomic E-state index is -0.859. The third kappa shape index (κ3) is 3.23. The molecule has 1 aromatic carbocycles. The molecule has 1 amide bonds. The number of rotatable bonds is 5. The van der Waals surface area contributed by atoms with Gasteiger partial charge >= 0.3 is 5.97 Å². The molecule has 0 bridgehead atoms. The van der Waals surface area contributed by atoms with E-state index in [0.29, 0.717) is 19.4 Å². The number of carbonyl (C=O) groups is 2. The van der Waals surface area contributed by atoms with E-state index < -0.39 is 5.97 Å². The van der Waals surface area contributed by atoms with Gasteiger partial charge in [0.2, 0.25) is 5.91 Å². The maximum Gasteiger partial charge on any atom is 0.303 e. The Bertz CT molecular complexity index is 490. The fourth-order valence-electron chi connectivity index (χ4n) is 2.14. The first-order valence-electron chi connectivity index (χ1n) is 6.21. The molecule has 19 heavy (non-hydrogen) atoms. The van der Waals surface area contributed by atoms with Gasteiger partial charge in [-0.3, -0.25) is 20.0 Å². The third-order valence-corrected chi connectivity index (χ3v) is 3.12. The molecule has 1 aromatic rings. The lowest BCUT2D eigenvalue weighted by Crippen LogP contribution is -2.34. The van der Waals surface area contributed by atoms with Gasteiger partial charge in [0.25, 0.3) is 0 Å². The van der Waals surface area contributed by atoms with E-state index in [1.807, 2.05) is 24.3 Å². The molecule has 0 aromatic heterocycles. The maximum absolute atomic E-state index is 11.3. The Morgan fingerprint density at radius 1 is 1.47 bits per heavy atom. The van der Waals surface area contributed by atoms with Crippen LogP contribution >= 0.6 is 0 Å². The number of hydrogen-bond acceptors (Lipinski definition) is 4. The monoisotopic (exact) mass is 263 g/mol. The average Bonchev–Trinajstić information content (AvgIpc) is 2.82. The van der Waals surface area contributed by atoms with E-state index >= 15 is 0 Å². The Labute approximate surface area is 111 Å². The lowest BCUT2D eigenvalue weighted by Gasteiger charge is -2.23. The molecular formula is C13H17N3O3. The SMILES string of the molecule is NC(CCC(=O)O)c1ccccc1N1CCC(=O)N1. The molecule has 1 saturated heterocycles. The molecule has 6 heteroatoms. The van der Waals surface area contributed by atoms with Crippen molar-refractivity contribution in [3.05, 3.63) is 29.8 Å². The van der Waals surface area contributed by atoms with E-state index in [0.717, 1.165) is 11.3 Å². The predicted molar refractivity (Wildman–Crippen MR) is 70.3 cm³/mol. The molecular weight excluding hydrogens is 246 g/mol. The first-order valence-corrected chi connectivity index (χ1v) is 6.21. The lowest BCUT2D eigenvalue weighted by molar-refractivity contribution is -0.137. The first kappa shape index (κ1) is 13.4. The summed E-state index contributed by atoms with van der Waals surface area (Å²) in [6.07, 6.45) is 0.856. The Morgan fingerprint density at radius 2 is 2.21 bits per heavy atom. The van der Waals surface area contributed by atoms with Gasteiger partial charge in [0.1, 0.15) is 0 Å². The number of amides is 1. The van der Waals surface area contributed by atoms with Gasteiger partial charge in [0.05, 0.1) is 5.69 Å². The van der Waals surface area contributed by atoms with Gasteiger partial charge in [-0.25, -0.2) is 0 Å². The zero-order chi connectivity index (χ0) is 13.8. The van der Waals surface area contributed by atoms with Crippen LogP contribution in [0.1, 0.15) is 30.9 Å². The number of nitrogens with zero attached hydrogens (tertiary/aromatic N) is 1. The van der Waals surface area contributed by atoms with Gasteiger partial charge in [-0.1, -0.05) is 18.2 Å². The number of hydrogen-bond donors (Lipinski definition) is 3. The number of benzene rings is 1. The van der Waals surface area contributed by atoms with E-state index in [-0.39, 0.29) is 18.4 Å². The van der Waals surface area contributed by atoms with Crippen molar-refractivity contribution in [1.29, 1.82) is 0 Å². The zero-order valence-electron chi connectivity index (χ0n) is 10.5. The number of para-hydroxylation sites is 1. The highest BCUT2D eigenvalue weighted by atomic mass is 16.4. The van der Waals surface area contributed by atoms with Gasteiger partial charge in [-0.15, -0.1) is 0 Å². The molecule has 1 fully saturated rings. The van der Waals surface area contributed by atoms with Crippen LogP contribution in [0.3, 0.4) is 0 Å². The van der Waals surface area contributed by atoms with Gasteiger partial charge in [0.15, 0.2) is 0 Å². The number of nitrogens with one attached hydrogen (secondary N) is 1. The van der Waals surface area contributed by atoms with Crippen molar-refractivity contribution in [3.63, 3.8) is 0 Å². The van der Waals surface area contributed by atoms with Crippen molar-refractivity contribution in [2.24, 2.45) is 5.73 Å². The van der Waals surface area contributed by atoms with Crippen molar-refractivity contribution < 1.29 is 14.7 Å². The van der Waals surface area contributed by atoms with Crippen LogP contribution in [0.15, 0.2) is 24.3 Å². The van der Waals surface area contributed by atoms with E-state index in [1.54, 1.807) is 5.01 Å². The fourth-order valence-corrected chi connectivity index (χ4v) is 2.14. The summed E-state index contributed by atoms with van der Waals surface area (Å²) in [6.45, 7) is 0.599. The zero-order valence-corrected chi connectivity index (χ0v) is 10.5. The minimum absolute atomic E-state index is 0.0195. The van der Waals surface area contributed by atoms with Crippen molar-refractivity contribution in [1.82, 2.24) is 5.43 Å². The molecule has 102 valence electrons. The summed E-state index contributed by atoms with van der Waals surface area (Å²) in [5.41, 5.74) is 10.5. The van der Waals surface area contributed by atoms with Crippen LogP contribution in [-0.2, 0) is 9.59 Å². The molecule has 0 spiro atoms. The summed E-state index contributed by atoms with van der Waals surface area (Å²) in [5, 5.41) is 10.5. The summed E-state index contributed by atoms with van der Waals surface area (Å²) in [7, 11) is 0. The van der Waals surface area contributed by atoms with E-state index in [1.165, 1.54) is 0 Å². The second kappa shape index (κ2) is 5.71. The largest absolute Gasteiger partial charge is 0.481 e. The van der Waals surface area contributed by atoms with Gasteiger partial charge in [0, 0.05) is 25.4 Å². The molecule has 1 aliphatic heterocycles. The Morgan fingerprint density at radius 3 is 2.84 bits per heavy atom. The van der Waals surface area contributed by atoms with Crippen LogP contribution in [-0.4, -0.2) is 23.5 Å². The quantitative estimate of drug-likeness (QED) is 0.730. The fraction of sp³-hybridized carbons (Fsp3) is 0.385. The van der Waals surface area contributed by atoms with Gasteiger partial charge < -0.3 is 10.8 Å². The van der Waals surface area contributed by atoms with Crippen molar-refractivity contribution >= 4 is 17.6 Å². The van der Waals surface area contributed by atoms with E-state index in [4.69, 9.17) is 10.8 Å². The summed E-state index contributed by atoms with van der Waals surface area (Å²) < 4.78 is 0. The van der Waals surface area contributed by atoms with Crippen LogP contribution in [0.25, 0.3) is 0 Å². The number of carboxylic acids is 1. The molecule has 1 heterocycles. The summed E-state index contributed by atoms with van der Waals surface area (Å²) >= 11 is 0. The Balaban J connectivity index is 2.16. The molecule has 0 saturated carbocycles. The first-order chi connectivity index (χ1) is 9.08. The van der Waals surface area contributed by atoms with Crippen molar-refractivity contribution in [3.8, 4) is 0 Å². The molecule has 0 aliphatic carbocycles. The highest BCUT2D eigenvalue weighted by Gasteiger charge is 2.22.